The van der Waals surface area contributed by atoms with Crippen molar-refractivity contribution in [2.45, 2.75) is 12.8 Å². The fraction of sp³-hybridized carbons (Fsp3) is 0.438. The molecule has 7 nitrogen and oxygen atoms in total. The molecule has 2 rings (SSSR count). The molecule has 0 aliphatic carbocycles. The van der Waals surface area contributed by atoms with Gasteiger partial charge in [-0.1, -0.05) is 0 Å². The standard InChI is InChI=1S/C16H20N2O5/c1-22-16(21)12-2-4-13(5-3-12)18-14(19)10-17-15(20)11-6-8-23-9-7-11/h2-5,11H,6-10H2,1H3,(H,17,20)(H,18,19). The maximum absolute atomic E-state index is 11.9. The second kappa shape index (κ2) is 8.28. The van der Waals surface area contributed by atoms with E-state index in [9.17, 15) is 14.4 Å². The molecule has 0 bridgehead atoms. The molecule has 1 aliphatic rings. The Morgan fingerprint density at radius 3 is 2.43 bits per heavy atom. The van der Waals surface area contributed by atoms with Gasteiger partial charge in [-0.15, -0.1) is 0 Å². The van der Waals surface area contributed by atoms with Gasteiger partial charge in [0.2, 0.25) is 11.8 Å². The van der Waals surface area contributed by atoms with Crippen LogP contribution in [0.25, 0.3) is 0 Å². The Bertz CT molecular complexity index is 564. The van der Waals surface area contributed by atoms with Crippen molar-refractivity contribution >= 4 is 23.5 Å². The lowest BCUT2D eigenvalue weighted by molar-refractivity contribution is -0.129. The fourth-order valence-electron chi connectivity index (χ4n) is 2.28. The van der Waals surface area contributed by atoms with Crippen LogP contribution in [0.15, 0.2) is 24.3 Å². The largest absolute Gasteiger partial charge is 0.465 e. The van der Waals surface area contributed by atoms with Gasteiger partial charge in [0.1, 0.15) is 0 Å². The van der Waals surface area contributed by atoms with Crippen molar-refractivity contribution in [3.63, 3.8) is 0 Å². The minimum absolute atomic E-state index is 0.0871. The van der Waals surface area contributed by atoms with Gasteiger partial charge < -0.3 is 20.1 Å². The number of hydrogen-bond donors (Lipinski definition) is 2. The second-order valence-electron chi connectivity index (χ2n) is 5.22. The SMILES string of the molecule is COC(=O)c1ccc(NC(=O)CNC(=O)C2CCOCC2)cc1. The van der Waals surface area contributed by atoms with E-state index in [1.807, 2.05) is 0 Å². The van der Waals surface area contributed by atoms with Crippen LogP contribution in [0.4, 0.5) is 5.69 Å². The van der Waals surface area contributed by atoms with Gasteiger partial charge in [-0.05, 0) is 37.1 Å². The van der Waals surface area contributed by atoms with Gasteiger partial charge in [-0.2, -0.15) is 0 Å². The minimum Gasteiger partial charge on any atom is -0.465 e. The summed E-state index contributed by atoms with van der Waals surface area (Å²) >= 11 is 0. The molecule has 23 heavy (non-hydrogen) atoms. The highest BCUT2D eigenvalue weighted by Crippen LogP contribution is 2.14. The first-order chi connectivity index (χ1) is 11.1. The molecule has 1 fully saturated rings. The van der Waals surface area contributed by atoms with Crippen molar-refractivity contribution in [1.82, 2.24) is 5.32 Å². The lowest BCUT2D eigenvalue weighted by Gasteiger charge is -2.21. The maximum Gasteiger partial charge on any atom is 0.337 e. The summed E-state index contributed by atoms with van der Waals surface area (Å²) in [5.74, 6) is -0.969. The molecular weight excluding hydrogens is 300 g/mol. The average molecular weight is 320 g/mol. The monoisotopic (exact) mass is 320 g/mol. The number of rotatable bonds is 5. The van der Waals surface area contributed by atoms with Crippen LogP contribution in [-0.4, -0.2) is 44.7 Å². The van der Waals surface area contributed by atoms with Gasteiger partial charge in [0, 0.05) is 24.8 Å². The first-order valence-electron chi connectivity index (χ1n) is 7.44. The number of carbonyl (C=O) groups is 3. The van der Waals surface area contributed by atoms with E-state index < -0.39 is 5.97 Å². The summed E-state index contributed by atoms with van der Waals surface area (Å²) in [5.41, 5.74) is 0.946. The van der Waals surface area contributed by atoms with Gasteiger partial charge in [0.25, 0.3) is 0 Å². The van der Waals surface area contributed by atoms with Gasteiger partial charge in [0.05, 0.1) is 19.2 Å². The van der Waals surface area contributed by atoms with E-state index in [1.54, 1.807) is 24.3 Å². The number of nitrogens with one attached hydrogen (secondary N) is 2. The number of carbonyl (C=O) groups excluding carboxylic acids is 3. The quantitative estimate of drug-likeness (QED) is 0.788. The summed E-state index contributed by atoms with van der Waals surface area (Å²) in [6.07, 6.45) is 1.37. The third-order valence-electron chi connectivity index (χ3n) is 3.61. The van der Waals surface area contributed by atoms with E-state index in [2.05, 4.69) is 15.4 Å². The van der Waals surface area contributed by atoms with E-state index in [1.165, 1.54) is 7.11 Å². The van der Waals surface area contributed by atoms with Crippen molar-refractivity contribution in [3.05, 3.63) is 29.8 Å². The van der Waals surface area contributed by atoms with Crippen molar-refractivity contribution < 1.29 is 23.9 Å². The van der Waals surface area contributed by atoms with Crippen LogP contribution in [-0.2, 0) is 19.1 Å². The number of anilines is 1. The number of amides is 2. The third-order valence-corrected chi connectivity index (χ3v) is 3.61. The van der Waals surface area contributed by atoms with Crippen LogP contribution in [0.2, 0.25) is 0 Å². The molecule has 0 spiro atoms. The maximum atomic E-state index is 11.9. The van der Waals surface area contributed by atoms with Crippen LogP contribution in [0.5, 0.6) is 0 Å². The molecule has 1 aliphatic heterocycles. The van der Waals surface area contributed by atoms with Crippen LogP contribution in [0, 0.1) is 5.92 Å². The molecule has 7 heteroatoms. The average Bonchev–Trinajstić information content (AvgIpc) is 2.60. The Balaban J connectivity index is 1.78. The molecular formula is C16H20N2O5. The summed E-state index contributed by atoms with van der Waals surface area (Å²) in [6, 6.07) is 6.32. The highest BCUT2D eigenvalue weighted by atomic mass is 16.5. The summed E-state index contributed by atoms with van der Waals surface area (Å²) in [4.78, 5) is 35.1. The zero-order valence-corrected chi connectivity index (χ0v) is 13.0. The van der Waals surface area contributed by atoms with E-state index in [4.69, 9.17) is 4.74 Å². The van der Waals surface area contributed by atoms with E-state index in [0.717, 1.165) is 0 Å². The van der Waals surface area contributed by atoms with Crippen LogP contribution in [0.3, 0.4) is 0 Å². The Labute approximate surface area is 134 Å². The highest BCUT2D eigenvalue weighted by Gasteiger charge is 2.21. The molecule has 0 saturated carbocycles. The number of esters is 1. The van der Waals surface area contributed by atoms with E-state index in [0.29, 0.717) is 37.3 Å². The predicted molar refractivity (Wildman–Crippen MR) is 83.0 cm³/mol. The lowest BCUT2D eigenvalue weighted by atomic mass is 9.99. The molecule has 124 valence electrons. The van der Waals surface area contributed by atoms with Gasteiger partial charge >= 0.3 is 5.97 Å². The van der Waals surface area contributed by atoms with E-state index in [-0.39, 0.29) is 24.3 Å². The minimum atomic E-state index is -0.438. The first-order valence-corrected chi connectivity index (χ1v) is 7.44. The first kappa shape index (κ1) is 17.0. The summed E-state index contributed by atoms with van der Waals surface area (Å²) in [7, 11) is 1.30. The van der Waals surface area contributed by atoms with E-state index >= 15 is 0 Å². The number of methoxy groups -OCH3 is 1. The predicted octanol–water partition coefficient (Wildman–Crippen LogP) is 0.954. The molecule has 1 aromatic carbocycles. The Morgan fingerprint density at radius 1 is 1.17 bits per heavy atom. The van der Waals surface area contributed by atoms with Gasteiger partial charge in [0.15, 0.2) is 0 Å². The molecule has 2 N–H and O–H groups in total. The Kier molecular flexibility index (Phi) is 6.10. The summed E-state index contributed by atoms with van der Waals surface area (Å²) in [6.45, 7) is 1.07. The Hall–Kier alpha value is -2.41. The van der Waals surface area contributed by atoms with Crippen LogP contribution < -0.4 is 10.6 Å². The number of ether oxygens (including phenoxy) is 2. The smallest absolute Gasteiger partial charge is 0.337 e. The second-order valence-corrected chi connectivity index (χ2v) is 5.22. The zero-order chi connectivity index (χ0) is 16.7. The lowest BCUT2D eigenvalue weighted by Crippen LogP contribution is -2.38. The molecule has 0 radical (unpaired) electrons. The normalized spacial score (nSPS) is 14.8. The number of hydrogen-bond acceptors (Lipinski definition) is 5. The molecule has 1 heterocycles. The molecule has 0 unspecified atom stereocenters. The third kappa shape index (κ3) is 5.07. The van der Waals surface area contributed by atoms with Crippen molar-refractivity contribution in [2.75, 3.05) is 32.2 Å². The molecule has 0 aromatic heterocycles. The topological polar surface area (TPSA) is 93.7 Å². The van der Waals surface area contributed by atoms with Crippen molar-refractivity contribution in [3.8, 4) is 0 Å². The molecule has 1 saturated heterocycles. The summed E-state index contributed by atoms with van der Waals surface area (Å²) in [5, 5.41) is 5.28. The molecule has 1 aromatic rings. The summed E-state index contributed by atoms with van der Waals surface area (Å²) < 4.78 is 9.79. The van der Waals surface area contributed by atoms with Crippen molar-refractivity contribution in [1.29, 1.82) is 0 Å². The molecule has 0 atom stereocenters. The van der Waals surface area contributed by atoms with Gasteiger partial charge in [-0.3, -0.25) is 9.59 Å². The Morgan fingerprint density at radius 2 is 1.83 bits per heavy atom. The van der Waals surface area contributed by atoms with Crippen LogP contribution >= 0.6 is 0 Å². The van der Waals surface area contributed by atoms with Crippen LogP contribution in [0.1, 0.15) is 23.2 Å². The van der Waals surface area contributed by atoms with Gasteiger partial charge in [-0.25, -0.2) is 4.79 Å². The zero-order valence-electron chi connectivity index (χ0n) is 13.0. The van der Waals surface area contributed by atoms with Crippen molar-refractivity contribution in [2.24, 2.45) is 5.92 Å². The highest BCUT2D eigenvalue weighted by molar-refractivity contribution is 5.95. The number of benzene rings is 1. The molecule has 2 amide bonds. The fourth-order valence-corrected chi connectivity index (χ4v) is 2.28.